The summed E-state index contributed by atoms with van der Waals surface area (Å²) >= 11 is 0. The van der Waals surface area contributed by atoms with Crippen molar-refractivity contribution in [1.82, 2.24) is 0 Å². The molecule has 0 radical (unpaired) electrons. The standard InChI is InChI=1S/C24H28FNO3/c1-24(20-12-19(20)23(27)28)9-7-16-14-26(10-8-15(16)13-24)22-11-18(5-6-21(22)25)29-17-3-2-4-17/h5-7,9,11,17,19-20H,2-4,8,10,12-14H2,1H3,(H,27,28)/t19-,20-,24?/m0/s1. The molecule has 5 heteroatoms. The quantitative estimate of drug-likeness (QED) is 0.764. The second-order valence-electron chi connectivity index (χ2n) is 9.39. The van der Waals surface area contributed by atoms with Crippen molar-refractivity contribution < 1.29 is 19.0 Å². The van der Waals surface area contributed by atoms with Gasteiger partial charge < -0.3 is 14.7 Å². The van der Waals surface area contributed by atoms with Crippen molar-refractivity contribution in [3.8, 4) is 5.75 Å². The predicted molar refractivity (Wildman–Crippen MR) is 110 cm³/mol. The second kappa shape index (κ2) is 6.89. The summed E-state index contributed by atoms with van der Waals surface area (Å²) in [5.74, 6) is -0.0767. The van der Waals surface area contributed by atoms with E-state index in [1.165, 1.54) is 23.6 Å². The number of ether oxygens (including phenoxy) is 1. The number of hydrogen-bond acceptors (Lipinski definition) is 3. The van der Waals surface area contributed by atoms with Gasteiger partial charge in [0, 0.05) is 19.2 Å². The van der Waals surface area contributed by atoms with E-state index in [1.54, 1.807) is 6.07 Å². The van der Waals surface area contributed by atoms with Crippen molar-refractivity contribution >= 4 is 11.7 Å². The SMILES string of the molecule is CC1([C@H]2C[C@@H]2C(=O)O)C=CC2=C(CCN(c3cc(OC4CCC4)ccc3F)C2)C1. The molecule has 1 aliphatic heterocycles. The van der Waals surface area contributed by atoms with Crippen LogP contribution < -0.4 is 9.64 Å². The minimum absolute atomic E-state index is 0.0637. The molecule has 0 bridgehead atoms. The molecule has 2 saturated carbocycles. The Morgan fingerprint density at radius 3 is 2.86 bits per heavy atom. The maximum Gasteiger partial charge on any atom is 0.306 e. The van der Waals surface area contributed by atoms with Crippen LogP contribution in [0.25, 0.3) is 0 Å². The molecular weight excluding hydrogens is 369 g/mol. The Balaban J connectivity index is 1.30. The molecule has 29 heavy (non-hydrogen) atoms. The van der Waals surface area contributed by atoms with E-state index in [0.717, 1.165) is 44.4 Å². The monoisotopic (exact) mass is 397 g/mol. The van der Waals surface area contributed by atoms with Gasteiger partial charge in [0.15, 0.2) is 0 Å². The highest BCUT2D eigenvalue weighted by Crippen LogP contribution is 2.56. The van der Waals surface area contributed by atoms with Gasteiger partial charge in [-0.2, -0.15) is 0 Å². The first-order valence-corrected chi connectivity index (χ1v) is 10.8. The number of benzene rings is 1. The van der Waals surface area contributed by atoms with E-state index in [-0.39, 0.29) is 29.2 Å². The number of carbonyl (C=O) groups is 1. The third-order valence-electron chi connectivity index (χ3n) is 7.33. The van der Waals surface area contributed by atoms with Gasteiger partial charge >= 0.3 is 5.97 Å². The van der Waals surface area contributed by atoms with Crippen molar-refractivity contribution in [3.05, 3.63) is 47.3 Å². The average molecular weight is 397 g/mol. The summed E-state index contributed by atoms with van der Waals surface area (Å²) in [5.41, 5.74) is 3.21. The number of rotatable bonds is 5. The molecule has 0 spiro atoms. The third-order valence-corrected chi connectivity index (χ3v) is 7.33. The molecular formula is C24H28FNO3. The van der Waals surface area contributed by atoms with E-state index < -0.39 is 5.97 Å². The summed E-state index contributed by atoms with van der Waals surface area (Å²) in [7, 11) is 0. The van der Waals surface area contributed by atoms with Gasteiger partial charge in [-0.3, -0.25) is 4.79 Å². The number of aliphatic carboxylic acids is 1. The van der Waals surface area contributed by atoms with Gasteiger partial charge in [-0.05, 0) is 67.6 Å². The predicted octanol–water partition coefficient (Wildman–Crippen LogP) is 4.95. The Labute approximate surface area is 171 Å². The summed E-state index contributed by atoms with van der Waals surface area (Å²) in [5, 5.41) is 9.30. The Morgan fingerprint density at radius 2 is 2.17 bits per heavy atom. The van der Waals surface area contributed by atoms with Crippen molar-refractivity contribution in [2.24, 2.45) is 17.3 Å². The van der Waals surface area contributed by atoms with Crippen LogP contribution in [0.2, 0.25) is 0 Å². The zero-order valence-corrected chi connectivity index (χ0v) is 16.9. The topological polar surface area (TPSA) is 49.8 Å². The lowest BCUT2D eigenvalue weighted by Crippen LogP contribution is -2.35. The molecule has 1 aromatic carbocycles. The van der Waals surface area contributed by atoms with Gasteiger partial charge in [0.25, 0.3) is 0 Å². The second-order valence-corrected chi connectivity index (χ2v) is 9.39. The lowest BCUT2D eigenvalue weighted by Gasteiger charge is -2.39. The average Bonchev–Trinajstić information content (AvgIpc) is 3.47. The molecule has 2 fully saturated rings. The normalized spacial score (nSPS) is 31.3. The third kappa shape index (κ3) is 3.45. The van der Waals surface area contributed by atoms with Crippen LogP contribution in [0.5, 0.6) is 5.75 Å². The zero-order chi connectivity index (χ0) is 20.2. The maximum atomic E-state index is 14.6. The van der Waals surface area contributed by atoms with Crippen LogP contribution in [0.1, 0.15) is 45.4 Å². The Bertz CT molecular complexity index is 903. The Hall–Kier alpha value is -2.30. The van der Waals surface area contributed by atoms with Crippen molar-refractivity contribution in [3.63, 3.8) is 0 Å². The van der Waals surface area contributed by atoms with Crippen LogP contribution in [0.4, 0.5) is 10.1 Å². The van der Waals surface area contributed by atoms with Crippen LogP contribution >= 0.6 is 0 Å². The molecule has 4 nitrogen and oxygen atoms in total. The van der Waals surface area contributed by atoms with Crippen LogP contribution in [0.15, 0.2) is 41.5 Å². The fourth-order valence-electron chi connectivity index (χ4n) is 5.16. The molecule has 1 unspecified atom stereocenters. The van der Waals surface area contributed by atoms with E-state index in [9.17, 15) is 14.3 Å². The summed E-state index contributed by atoms with van der Waals surface area (Å²) in [6, 6.07) is 5.09. The highest BCUT2D eigenvalue weighted by Gasteiger charge is 2.53. The van der Waals surface area contributed by atoms with Crippen LogP contribution in [-0.2, 0) is 4.79 Å². The summed E-state index contributed by atoms with van der Waals surface area (Å²) in [4.78, 5) is 13.4. The fourth-order valence-corrected chi connectivity index (χ4v) is 5.16. The van der Waals surface area contributed by atoms with Gasteiger partial charge in [0.05, 0.1) is 17.7 Å². The number of anilines is 1. The molecule has 0 aromatic heterocycles. The fraction of sp³-hybridized carbons (Fsp3) is 0.542. The van der Waals surface area contributed by atoms with Gasteiger partial charge in [0.2, 0.25) is 0 Å². The van der Waals surface area contributed by atoms with Crippen molar-refractivity contribution in [2.75, 3.05) is 18.0 Å². The van der Waals surface area contributed by atoms with E-state index in [1.807, 2.05) is 6.07 Å². The van der Waals surface area contributed by atoms with E-state index in [0.29, 0.717) is 12.2 Å². The Kier molecular flexibility index (Phi) is 4.45. The lowest BCUT2D eigenvalue weighted by atomic mass is 9.72. The van der Waals surface area contributed by atoms with Crippen LogP contribution in [0, 0.1) is 23.1 Å². The summed E-state index contributed by atoms with van der Waals surface area (Å²) in [6.07, 6.45) is 10.6. The van der Waals surface area contributed by atoms with Crippen molar-refractivity contribution in [1.29, 1.82) is 0 Å². The molecule has 4 aliphatic rings. The highest BCUT2D eigenvalue weighted by molar-refractivity contribution is 5.74. The molecule has 1 heterocycles. The van der Waals surface area contributed by atoms with E-state index >= 15 is 0 Å². The number of halogens is 1. The number of carboxylic acid groups (broad SMARTS) is 1. The van der Waals surface area contributed by atoms with Gasteiger partial charge in [-0.25, -0.2) is 4.39 Å². The molecule has 154 valence electrons. The molecule has 1 N–H and O–H groups in total. The maximum absolute atomic E-state index is 14.6. The summed E-state index contributed by atoms with van der Waals surface area (Å²) in [6.45, 7) is 3.66. The summed E-state index contributed by atoms with van der Waals surface area (Å²) < 4.78 is 20.5. The number of nitrogens with zero attached hydrogens (tertiary/aromatic N) is 1. The first-order chi connectivity index (χ1) is 13.9. The molecule has 0 saturated heterocycles. The first-order valence-electron chi connectivity index (χ1n) is 10.8. The highest BCUT2D eigenvalue weighted by atomic mass is 19.1. The van der Waals surface area contributed by atoms with Crippen LogP contribution in [0.3, 0.4) is 0 Å². The largest absolute Gasteiger partial charge is 0.490 e. The Morgan fingerprint density at radius 1 is 1.34 bits per heavy atom. The molecule has 1 aromatic rings. The first kappa shape index (κ1) is 18.7. The molecule has 3 aliphatic carbocycles. The van der Waals surface area contributed by atoms with Gasteiger partial charge in [0.1, 0.15) is 11.6 Å². The molecule has 3 atom stereocenters. The van der Waals surface area contributed by atoms with Crippen LogP contribution in [-0.4, -0.2) is 30.3 Å². The lowest BCUT2D eigenvalue weighted by molar-refractivity contribution is -0.139. The minimum atomic E-state index is -0.668. The van der Waals surface area contributed by atoms with E-state index in [4.69, 9.17) is 4.74 Å². The number of carboxylic acids is 1. The number of hydrogen-bond donors (Lipinski definition) is 1. The smallest absolute Gasteiger partial charge is 0.306 e. The molecule has 0 amide bonds. The number of allylic oxidation sites excluding steroid dienone is 1. The van der Waals surface area contributed by atoms with E-state index in [2.05, 4.69) is 24.0 Å². The van der Waals surface area contributed by atoms with Gasteiger partial charge in [-0.15, -0.1) is 0 Å². The molecule has 5 rings (SSSR count). The van der Waals surface area contributed by atoms with Crippen molar-refractivity contribution in [2.45, 2.75) is 51.6 Å². The van der Waals surface area contributed by atoms with Gasteiger partial charge in [-0.1, -0.05) is 24.6 Å². The minimum Gasteiger partial charge on any atom is -0.490 e. The zero-order valence-electron chi connectivity index (χ0n) is 16.9.